The fraction of sp³-hybridized carbons (Fsp3) is 0.526. The average Bonchev–Trinajstić information content (AvgIpc) is 3.53. The van der Waals surface area contributed by atoms with Crippen LogP contribution in [0.4, 0.5) is 17.3 Å². The second-order valence-corrected chi connectivity index (χ2v) is 7.17. The maximum Gasteiger partial charge on any atom is 0.257 e. The maximum atomic E-state index is 8.81. The fourth-order valence-corrected chi connectivity index (χ4v) is 3.23. The third-order valence-corrected chi connectivity index (χ3v) is 4.89. The zero-order chi connectivity index (χ0) is 18.5. The van der Waals surface area contributed by atoms with E-state index in [1.807, 2.05) is 12.1 Å². The molecule has 2 heterocycles. The molecule has 0 atom stereocenters. The molecule has 27 heavy (non-hydrogen) atoms. The first kappa shape index (κ1) is 17.5. The predicted octanol–water partition coefficient (Wildman–Crippen LogP) is 3.42. The Morgan fingerprint density at radius 1 is 1.04 bits per heavy atom. The summed E-state index contributed by atoms with van der Waals surface area (Å²) >= 11 is 0. The van der Waals surface area contributed by atoms with Crippen LogP contribution in [-0.4, -0.2) is 32.8 Å². The first-order valence-corrected chi connectivity index (χ1v) is 9.57. The molecular weight excluding hydrogens is 342 g/mol. The fourth-order valence-electron chi connectivity index (χ4n) is 3.23. The second kappa shape index (κ2) is 8.16. The van der Waals surface area contributed by atoms with Crippen molar-refractivity contribution in [2.45, 2.75) is 51.0 Å². The van der Waals surface area contributed by atoms with Crippen molar-refractivity contribution in [3.63, 3.8) is 0 Å². The molecule has 2 aliphatic rings. The van der Waals surface area contributed by atoms with Crippen LogP contribution in [0.15, 0.2) is 18.5 Å². The number of rotatable bonds is 7. The molecule has 8 nitrogen and oxygen atoms in total. The van der Waals surface area contributed by atoms with Crippen LogP contribution < -0.4 is 15.4 Å². The van der Waals surface area contributed by atoms with Crippen LogP contribution in [0.1, 0.15) is 50.6 Å². The van der Waals surface area contributed by atoms with Gasteiger partial charge >= 0.3 is 0 Å². The Morgan fingerprint density at radius 2 is 1.89 bits per heavy atom. The predicted molar refractivity (Wildman–Crippen MR) is 101 cm³/mol. The van der Waals surface area contributed by atoms with Crippen LogP contribution in [0, 0.1) is 17.2 Å². The van der Waals surface area contributed by atoms with Crippen molar-refractivity contribution >= 4 is 17.3 Å². The number of ether oxygens (including phenoxy) is 1. The quantitative estimate of drug-likeness (QED) is 0.768. The molecule has 0 aliphatic heterocycles. The summed E-state index contributed by atoms with van der Waals surface area (Å²) in [5.41, 5.74) is 1.13. The van der Waals surface area contributed by atoms with Gasteiger partial charge < -0.3 is 15.4 Å². The Labute approximate surface area is 158 Å². The van der Waals surface area contributed by atoms with Gasteiger partial charge in [0, 0.05) is 12.6 Å². The van der Waals surface area contributed by atoms with Gasteiger partial charge in [0.25, 0.3) is 5.88 Å². The van der Waals surface area contributed by atoms with Gasteiger partial charge in [0.1, 0.15) is 23.7 Å². The molecule has 0 spiro atoms. The molecule has 0 radical (unpaired) electrons. The van der Waals surface area contributed by atoms with Crippen LogP contribution in [0.5, 0.6) is 5.88 Å². The third-order valence-electron chi connectivity index (χ3n) is 4.89. The maximum absolute atomic E-state index is 8.81. The van der Waals surface area contributed by atoms with Crippen LogP contribution >= 0.6 is 0 Å². The van der Waals surface area contributed by atoms with E-state index < -0.39 is 0 Å². The van der Waals surface area contributed by atoms with Gasteiger partial charge in [-0.3, -0.25) is 0 Å². The number of aromatic nitrogens is 4. The van der Waals surface area contributed by atoms with Crippen molar-refractivity contribution in [3.8, 4) is 11.9 Å². The van der Waals surface area contributed by atoms with E-state index >= 15 is 0 Å². The van der Waals surface area contributed by atoms with Gasteiger partial charge in [0.2, 0.25) is 0 Å². The lowest BCUT2D eigenvalue weighted by atomic mass is 9.89. The van der Waals surface area contributed by atoms with Crippen molar-refractivity contribution in [1.82, 2.24) is 20.2 Å². The third kappa shape index (κ3) is 4.82. The summed E-state index contributed by atoms with van der Waals surface area (Å²) in [4.78, 5) is 8.16. The summed E-state index contributed by atoms with van der Waals surface area (Å²) in [6, 6.07) is 3.85. The monoisotopic (exact) mass is 365 g/mol. The normalized spacial score (nSPS) is 17.1. The number of anilines is 3. The Hall–Kier alpha value is -2.95. The van der Waals surface area contributed by atoms with Crippen LogP contribution in [0.3, 0.4) is 0 Å². The largest absolute Gasteiger partial charge is 0.472 e. The summed E-state index contributed by atoms with van der Waals surface area (Å²) < 4.78 is 5.90. The molecule has 2 N–H and O–H groups in total. The minimum absolute atomic E-state index is 0.262. The van der Waals surface area contributed by atoms with E-state index in [0.717, 1.165) is 25.1 Å². The van der Waals surface area contributed by atoms with Crippen LogP contribution in [-0.2, 0) is 0 Å². The lowest BCUT2D eigenvalue weighted by Gasteiger charge is -2.22. The summed E-state index contributed by atoms with van der Waals surface area (Å²) in [5, 5.41) is 23.9. The topological polar surface area (TPSA) is 109 Å². The number of nitrogens with zero attached hydrogens (tertiary/aromatic N) is 5. The summed E-state index contributed by atoms with van der Waals surface area (Å²) in [6.45, 7) is 0.919. The van der Waals surface area contributed by atoms with Crippen LogP contribution in [0.25, 0.3) is 0 Å². The zero-order valence-electron chi connectivity index (χ0n) is 15.2. The standard InChI is InChI=1S/C19H23N7O/c20-9-14-11-23-18(12-21-14)24-17-8-16(19(26-25-17)27-15-6-7-15)22-10-13-4-2-1-3-5-13/h8,11-13,15H,1-7,10H2,(H2,22,23,24,25). The Bertz CT molecular complexity index is 808. The first-order valence-electron chi connectivity index (χ1n) is 9.57. The van der Waals surface area contributed by atoms with Crippen molar-refractivity contribution in [2.75, 3.05) is 17.2 Å². The van der Waals surface area contributed by atoms with E-state index in [1.54, 1.807) is 0 Å². The van der Waals surface area contributed by atoms with Gasteiger partial charge in [-0.2, -0.15) is 5.26 Å². The Balaban J connectivity index is 1.47. The molecule has 0 aromatic carbocycles. The molecule has 8 heteroatoms. The lowest BCUT2D eigenvalue weighted by molar-refractivity contribution is 0.289. The zero-order valence-corrected chi connectivity index (χ0v) is 15.2. The van der Waals surface area contributed by atoms with Crippen molar-refractivity contribution in [2.24, 2.45) is 5.92 Å². The second-order valence-electron chi connectivity index (χ2n) is 7.17. The molecule has 2 saturated carbocycles. The smallest absolute Gasteiger partial charge is 0.257 e. The van der Waals surface area contributed by atoms with E-state index in [-0.39, 0.29) is 11.8 Å². The minimum Gasteiger partial charge on any atom is -0.472 e. The van der Waals surface area contributed by atoms with Gasteiger partial charge in [-0.1, -0.05) is 19.3 Å². The highest BCUT2D eigenvalue weighted by molar-refractivity contribution is 5.61. The first-order chi connectivity index (χ1) is 13.3. The number of hydrogen-bond acceptors (Lipinski definition) is 8. The summed E-state index contributed by atoms with van der Waals surface area (Å²) in [6.07, 6.45) is 11.9. The van der Waals surface area contributed by atoms with E-state index in [9.17, 15) is 0 Å². The van der Waals surface area contributed by atoms with Crippen molar-refractivity contribution < 1.29 is 4.74 Å². The minimum atomic E-state index is 0.262. The van der Waals surface area contributed by atoms with E-state index in [1.165, 1.54) is 44.5 Å². The van der Waals surface area contributed by atoms with Crippen molar-refractivity contribution in [3.05, 3.63) is 24.2 Å². The molecule has 2 aromatic heterocycles. The molecule has 0 bridgehead atoms. The van der Waals surface area contributed by atoms with E-state index in [0.29, 0.717) is 23.4 Å². The molecule has 4 rings (SSSR count). The average molecular weight is 365 g/mol. The van der Waals surface area contributed by atoms with Gasteiger partial charge in [0.05, 0.1) is 12.4 Å². The van der Waals surface area contributed by atoms with E-state index in [4.69, 9.17) is 10.00 Å². The SMILES string of the molecule is N#Cc1cnc(Nc2cc(NCC3CCCCC3)c(OC3CC3)nn2)cn1. The van der Waals surface area contributed by atoms with Gasteiger partial charge in [-0.15, -0.1) is 10.2 Å². The van der Waals surface area contributed by atoms with Gasteiger partial charge in [0.15, 0.2) is 11.5 Å². The number of nitriles is 1. The van der Waals surface area contributed by atoms with E-state index in [2.05, 4.69) is 30.8 Å². The molecule has 2 aliphatic carbocycles. The summed E-state index contributed by atoms with van der Waals surface area (Å²) in [7, 11) is 0. The molecule has 2 fully saturated rings. The number of nitrogens with one attached hydrogen (secondary N) is 2. The molecule has 2 aromatic rings. The highest BCUT2D eigenvalue weighted by atomic mass is 16.5. The lowest BCUT2D eigenvalue weighted by Crippen LogP contribution is -2.18. The highest BCUT2D eigenvalue weighted by Crippen LogP contribution is 2.32. The molecule has 0 saturated heterocycles. The Morgan fingerprint density at radius 3 is 2.59 bits per heavy atom. The number of hydrogen-bond donors (Lipinski definition) is 2. The Kier molecular flexibility index (Phi) is 5.28. The van der Waals surface area contributed by atoms with Crippen LogP contribution in [0.2, 0.25) is 0 Å². The molecule has 0 amide bonds. The van der Waals surface area contributed by atoms with Gasteiger partial charge in [-0.25, -0.2) is 9.97 Å². The molecule has 140 valence electrons. The molecule has 0 unspecified atom stereocenters. The molecular formula is C19H23N7O. The van der Waals surface area contributed by atoms with Crippen molar-refractivity contribution in [1.29, 1.82) is 5.26 Å². The van der Waals surface area contributed by atoms with Gasteiger partial charge in [-0.05, 0) is 31.6 Å². The summed E-state index contributed by atoms with van der Waals surface area (Å²) in [5.74, 6) is 2.33. The highest BCUT2D eigenvalue weighted by Gasteiger charge is 2.26.